The van der Waals surface area contributed by atoms with E-state index in [-0.39, 0.29) is 28.1 Å². The molecule has 0 saturated carbocycles. The average Bonchev–Trinajstić information content (AvgIpc) is 3.16. The Hall–Kier alpha value is -4.02. The number of imide groups is 1. The number of benzene rings is 3. The molecule has 1 heterocycles. The summed E-state index contributed by atoms with van der Waals surface area (Å²) in [6.45, 7) is 1.73. The second-order valence-electron chi connectivity index (χ2n) is 8.23. The van der Waals surface area contributed by atoms with Gasteiger partial charge in [-0.15, -0.1) is 0 Å². The first kappa shape index (κ1) is 28.0. The lowest BCUT2D eigenvalue weighted by atomic mass is 10.1. The number of amides is 3. The van der Waals surface area contributed by atoms with E-state index in [2.05, 4.69) is 5.32 Å². The zero-order valence-corrected chi connectivity index (χ0v) is 22.6. The molecule has 3 amide bonds. The van der Waals surface area contributed by atoms with E-state index in [4.69, 9.17) is 25.8 Å². The van der Waals surface area contributed by atoms with Crippen molar-refractivity contribution in [2.24, 2.45) is 0 Å². The van der Waals surface area contributed by atoms with Crippen LogP contribution in [-0.2, 0) is 16.2 Å². The third-order valence-corrected chi connectivity index (χ3v) is 6.64. The molecule has 3 aromatic rings. The summed E-state index contributed by atoms with van der Waals surface area (Å²) >= 11 is 7.19. The molecule has 1 fully saturated rings. The lowest BCUT2D eigenvalue weighted by Gasteiger charge is -2.15. The fraction of sp³-hybridized carbons (Fsp3) is 0.179. The predicted molar refractivity (Wildman–Crippen MR) is 148 cm³/mol. The van der Waals surface area contributed by atoms with Crippen molar-refractivity contribution < 1.29 is 33.0 Å². The number of carbonyl (C=O) groups excluding carboxylic acids is 3. The van der Waals surface area contributed by atoms with Crippen molar-refractivity contribution >= 4 is 52.2 Å². The molecule has 1 aliphatic rings. The van der Waals surface area contributed by atoms with Crippen molar-refractivity contribution in [2.45, 2.75) is 13.5 Å². The summed E-state index contributed by atoms with van der Waals surface area (Å²) in [5.74, 6) is -0.285. The van der Waals surface area contributed by atoms with E-state index < -0.39 is 23.6 Å². The van der Waals surface area contributed by atoms with E-state index in [0.29, 0.717) is 34.9 Å². The van der Waals surface area contributed by atoms with Crippen molar-refractivity contribution in [3.63, 3.8) is 0 Å². The Labute approximate surface area is 233 Å². The van der Waals surface area contributed by atoms with E-state index in [0.717, 1.165) is 16.7 Å². The molecule has 3 aromatic carbocycles. The van der Waals surface area contributed by atoms with Gasteiger partial charge in [0.05, 0.1) is 23.6 Å². The number of ether oxygens (including phenoxy) is 3. The van der Waals surface area contributed by atoms with E-state index >= 15 is 0 Å². The monoisotopic (exact) mass is 570 g/mol. The van der Waals surface area contributed by atoms with Gasteiger partial charge in [-0.25, -0.2) is 4.39 Å². The number of rotatable bonds is 10. The number of thioether (sulfide) groups is 1. The number of halogens is 2. The van der Waals surface area contributed by atoms with E-state index in [1.165, 1.54) is 25.3 Å². The molecule has 11 heteroatoms. The van der Waals surface area contributed by atoms with Gasteiger partial charge in [0.2, 0.25) is 5.91 Å². The molecule has 39 heavy (non-hydrogen) atoms. The lowest BCUT2D eigenvalue weighted by molar-refractivity contribution is -0.127. The molecular formula is C28H24ClFN2O6S. The molecule has 0 aliphatic carbocycles. The van der Waals surface area contributed by atoms with Crippen molar-refractivity contribution in [3.05, 3.63) is 87.5 Å². The van der Waals surface area contributed by atoms with Gasteiger partial charge in [-0.3, -0.25) is 19.3 Å². The average molecular weight is 571 g/mol. The largest absolute Gasteiger partial charge is 0.497 e. The molecule has 0 spiro atoms. The van der Waals surface area contributed by atoms with Crippen LogP contribution in [0.25, 0.3) is 6.08 Å². The molecule has 0 atom stereocenters. The van der Waals surface area contributed by atoms with Crippen molar-refractivity contribution in [2.75, 3.05) is 25.6 Å². The molecule has 1 aliphatic heterocycles. The fourth-order valence-electron chi connectivity index (χ4n) is 3.66. The third kappa shape index (κ3) is 7.10. The maximum atomic E-state index is 13.5. The highest BCUT2D eigenvalue weighted by molar-refractivity contribution is 8.18. The fourth-order valence-corrected chi connectivity index (χ4v) is 4.77. The lowest BCUT2D eigenvalue weighted by Crippen LogP contribution is -2.36. The van der Waals surface area contributed by atoms with Crippen LogP contribution >= 0.6 is 23.4 Å². The molecule has 202 valence electrons. The van der Waals surface area contributed by atoms with Crippen LogP contribution < -0.4 is 19.5 Å². The van der Waals surface area contributed by atoms with Gasteiger partial charge in [-0.1, -0.05) is 23.7 Å². The Morgan fingerprint density at radius 1 is 1.10 bits per heavy atom. The number of nitrogens with one attached hydrogen (secondary N) is 1. The zero-order valence-electron chi connectivity index (χ0n) is 21.0. The maximum Gasteiger partial charge on any atom is 0.294 e. The molecular weight excluding hydrogens is 547 g/mol. The summed E-state index contributed by atoms with van der Waals surface area (Å²) in [4.78, 5) is 38.9. The SMILES string of the molecule is CCOc1cc(/C=C2/SC(=O)N(CC(=O)Nc3ccc(OC)cc3)C2=O)cc(Cl)c1OCc1cccc(F)c1. The number of nitrogens with zero attached hydrogens (tertiary/aromatic N) is 1. The summed E-state index contributed by atoms with van der Waals surface area (Å²) in [5, 5.41) is 2.29. The van der Waals surface area contributed by atoms with Crippen LogP contribution in [0.4, 0.5) is 14.9 Å². The van der Waals surface area contributed by atoms with Crippen molar-refractivity contribution in [1.29, 1.82) is 0 Å². The number of hydrogen-bond donors (Lipinski definition) is 1. The van der Waals surface area contributed by atoms with Gasteiger partial charge in [-0.05, 0) is 84.4 Å². The smallest absolute Gasteiger partial charge is 0.294 e. The second-order valence-corrected chi connectivity index (χ2v) is 9.63. The first-order valence-corrected chi connectivity index (χ1v) is 13.0. The van der Waals surface area contributed by atoms with Crippen LogP contribution in [-0.4, -0.2) is 42.2 Å². The minimum Gasteiger partial charge on any atom is -0.497 e. The quantitative estimate of drug-likeness (QED) is 0.293. The van der Waals surface area contributed by atoms with Gasteiger partial charge in [-0.2, -0.15) is 0 Å². The van der Waals surface area contributed by atoms with Crippen LogP contribution in [0.15, 0.2) is 65.6 Å². The Balaban J connectivity index is 1.47. The normalized spacial score (nSPS) is 14.1. The summed E-state index contributed by atoms with van der Waals surface area (Å²) in [6.07, 6.45) is 1.50. The number of hydrogen-bond acceptors (Lipinski definition) is 7. The van der Waals surface area contributed by atoms with Crippen LogP contribution in [0.1, 0.15) is 18.1 Å². The van der Waals surface area contributed by atoms with Gasteiger partial charge >= 0.3 is 0 Å². The minimum absolute atomic E-state index is 0.0639. The van der Waals surface area contributed by atoms with Gasteiger partial charge in [0.25, 0.3) is 11.1 Å². The summed E-state index contributed by atoms with van der Waals surface area (Å²) < 4.78 is 30.1. The van der Waals surface area contributed by atoms with Gasteiger partial charge in [0.1, 0.15) is 24.7 Å². The number of methoxy groups -OCH3 is 1. The van der Waals surface area contributed by atoms with Crippen LogP contribution in [0.2, 0.25) is 5.02 Å². The standard InChI is InChI=1S/C28H24ClFN2O6S/c1-3-37-23-13-18(12-22(29)26(23)38-16-17-5-4-6-19(30)11-17)14-24-27(34)32(28(35)39-24)15-25(33)31-20-7-9-21(36-2)10-8-20/h4-14H,3,15-16H2,1-2H3,(H,31,33)/b24-14+. The van der Waals surface area contributed by atoms with Gasteiger partial charge in [0, 0.05) is 5.69 Å². The second kappa shape index (κ2) is 12.7. The maximum absolute atomic E-state index is 13.5. The van der Waals surface area contributed by atoms with E-state index in [1.807, 2.05) is 0 Å². The molecule has 1 saturated heterocycles. The summed E-state index contributed by atoms with van der Waals surface area (Å²) in [5.41, 5.74) is 1.61. The van der Waals surface area contributed by atoms with Crippen molar-refractivity contribution in [3.8, 4) is 17.2 Å². The highest BCUT2D eigenvalue weighted by atomic mass is 35.5. The molecule has 1 N–H and O–H groups in total. The highest BCUT2D eigenvalue weighted by Crippen LogP contribution is 2.39. The van der Waals surface area contributed by atoms with Crippen LogP contribution in [0.5, 0.6) is 17.2 Å². The van der Waals surface area contributed by atoms with Crippen LogP contribution in [0, 0.1) is 5.82 Å². The first-order valence-electron chi connectivity index (χ1n) is 11.8. The van der Waals surface area contributed by atoms with Gasteiger partial charge in [0.15, 0.2) is 11.5 Å². The third-order valence-electron chi connectivity index (χ3n) is 5.45. The molecule has 4 rings (SSSR count). The topological polar surface area (TPSA) is 94.2 Å². The molecule has 0 aromatic heterocycles. The molecule has 8 nitrogen and oxygen atoms in total. The van der Waals surface area contributed by atoms with Crippen LogP contribution in [0.3, 0.4) is 0 Å². The number of anilines is 1. The predicted octanol–water partition coefficient (Wildman–Crippen LogP) is 6.14. The van der Waals surface area contributed by atoms with Crippen molar-refractivity contribution in [1.82, 2.24) is 4.90 Å². The minimum atomic E-state index is -0.601. The Bertz CT molecular complexity index is 1430. The summed E-state index contributed by atoms with van der Waals surface area (Å²) in [7, 11) is 1.53. The zero-order chi connectivity index (χ0) is 27.9. The number of carbonyl (C=O) groups is 3. The Kier molecular flexibility index (Phi) is 9.11. The summed E-state index contributed by atoms with van der Waals surface area (Å²) in [6, 6.07) is 15.8. The van der Waals surface area contributed by atoms with E-state index in [9.17, 15) is 18.8 Å². The highest BCUT2D eigenvalue weighted by Gasteiger charge is 2.36. The first-order chi connectivity index (χ1) is 18.8. The molecule has 0 radical (unpaired) electrons. The molecule has 0 unspecified atom stereocenters. The van der Waals surface area contributed by atoms with Gasteiger partial charge < -0.3 is 19.5 Å². The van der Waals surface area contributed by atoms with E-state index in [1.54, 1.807) is 55.5 Å². The molecule has 0 bridgehead atoms. The Morgan fingerprint density at radius 3 is 2.56 bits per heavy atom. The Morgan fingerprint density at radius 2 is 1.87 bits per heavy atom.